The largest absolute Gasteiger partial charge is 0.268 e. The van der Waals surface area contributed by atoms with Crippen LogP contribution in [-0.4, -0.2) is 4.40 Å². The number of pyridine rings is 1. The van der Waals surface area contributed by atoms with E-state index in [2.05, 4.69) is 24.3 Å². The summed E-state index contributed by atoms with van der Waals surface area (Å²) in [5.74, 6) is 0. The van der Waals surface area contributed by atoms with Gasteiger partial charge in [0.05, 0.1) is 5.52 Å². The highest BCUT2D eigenvalue weighted by Gasteiger charge is 2.16. The first kappa shape index (κ1) is 10.4. The third kappa shape index (κ3) is 1.04. The molecule has 2 aromatic carbocycles. The van der Waals surface area contributed by atoms with E-state index >= 15 is 0 Å². The van der Waals surface area contributed by atoms with Crippen molar-refractivity contribution in [1.29, 1.82) is 0 Å². The van der Waals surface area contributed by atoms with Gasteiger partial charge in [-0.1, -0.05) is 36.4 Å². The summed E-state index contributed by atoms with van der Waals surface area (Å²) in [5, 5.41) is 7.38. The average molecular weight is 275 g/mol. The first-order chi connectivity index (χ1) is 9.86. The van der Waals surface area contributed by atoms with Crippen molar-refractivity contribution < 1.29 is 0 Å². The molecule has 5 aromatic rings. The second kappa shape index (κ2) is 3.38. The Morgan fingerprint density at radius 1 is 0.750 bits per heavy atom. The molecule has 0 spiro atoms. The van der Waals surface area contributed by atoms with Crippen LogP contribution in [0.15, 0.2) is 58.7 Å². The van der Waals surface area contributed by atoms with Gasteiger partial charge in [0, 0.05) is 21.5 Å². The molecule has 20 heavy (non-hydrogen) atoms. The summed E-state index contributed by atoms with van der Waals surface area (Å²) < 4.78 is 1.88. The van der Waals surface area contributed by atoms with Crippen molar-refractivity contribution in [3.05, 3.63) is 64.3 Å². The Bertz CT molecular complexity index is 1170. The summed E-state index contributed by atoms with van der Waals surface area (Å²) in [7, 11) is 0. The van der Waals surface area contributed by atoms with E-state index in [1.165, 1.54) is 10.8 Å². The Balaban J connectivity index is 2.35. The van der Waals surface area contributed by atoms with Gasteiger partial charge in [0.15, 0.2) is 0 Å². The van der Waals surface area contributed by atoms with Gasteiger partial charge >= 0.3 is 0 Å². The SMILES string of the molecule is O=c1c2ccccc2c2cccc3c4ccsc4n1c23. The molecule has 0 N–H and O–H groups in total. The van der Waals surface area contributed by atoms with Gasteiger partial charge in [-0.05, 0) is 22.9 Å². The fourth-order valence-corrected chi connectivity index (χ4v) is 4.14. The van der Waals surface area contributed by atoms with Crippen molar-refractivity contribution in [1.82, 2.24) is 4.40 Å². The fraction of sp³-hybridized carbons (Fsp3) is 0. The quantitative estimate of drug-likeness (QED) is 0.387. The predicted octanol–water partition coefficient (Wildman–Crippen LogP) is 4.26. The lowest BCUT2D eigenvalue weighted by Crippen LogP contribution is -2.12. The minimum atomic E-state index is 0.0850. The maximum absolute atomic E-state index is 12.8. The van der Waals surface area contributed by atoms with Crippen LogP contribution in [0.1, 0.15) is 0 Å². The third-order valence-corrected chi connectivity index (χ3v) is 4.95. The highest BCUT2D eigenvalue weighted by Crippen LogP contribution is 2.35. The topological polar surface area (TPSA) is 21.5 Å². The summed E-state index contributed by atoms with van der Waals surface area (Å²) >= 11 is 1.63. The molecule has 3 aromatic heterocycles. The van der Waals surface area contributed by atoms with Gasteiger partial charge in [0.25, 0.3) is 5.56 Å². The Kier molecular flexibility index (Phi) is 1.76. The minimum Gasteiger partial charge on any atom is -0.268 e. The number of nitrogens with zero attached hydrogens (tertiary/aromatic N) is 1. The van der Waals surface area contributed by atoms with E-state index in [0.717, 1.165) is 26.5 Å². The van der Waals surface area contributed by atoms with Crippen molar-refractivity contribution in [2.75, 3.05) is 0 Å². The molecular weight excluding hydrogens is 266 g/mol. The van der Waals surface area contributed by atoms with Crippen LogP contribution in [0.25, 0.3) is 37.3 Å². The average Bonchev–Trinajstić information content (AvgIpc) is 3.06. The summed E-state index contributed by atoms with van der Waals surface area (Å²) in [4.78, 5) is 13.9. The van der Waals surface area contributed by atoms with Gasteiger partial charge in [0.2, 0.25) is 0 Å². The predicted molar refractivity (Wildman–Crippen MR) is 85.2 cm³/mol. The van der Waals surface area contributed by atoms with Crippen molar-refractivity contribution >= 4 is 48.6 Å². The Hall–Kier alpha value is -2.39. The molecule has 2 nitrogen and oxygen atoms in total. The van der Waals surface area contributed by atoms with Crippen molar-refractivity contribution in [3.8, 4) is 0 Å². The van der Waals surface area contributed by atoms with E-state index < -0.39 is 0 Å². The van der Waals surface area contributed by atoms with Crippen LogP contribution in [-0.2, 0) is 0 Å². The first-order valence-electron chi connectivity index (χ1n) is 6.51. The number of rotatable bonds is 0. The monoisotopic (exact) mass is 275 g/mol. The Morgan fingerprint density at radius 2 is 1.45 bits per heavy atom. The van der Waals surface area contributed by atoms with E-state index in [1.54, 1.807) is 11.3 Å². The smallest absolute Gasteiger partial charge is 0.264 e. The lowest BCUT2D eigenvalue weighted by Gasteiger charge is -2.05. The Morgan fingerprint density at radius 3 is 2.30 bits per heavy atom. The molecular formula is C17H9NOS. The highest BCUT2D eigenvalue weighted by atomic mass is 32.1. The minimum absolute atomic E-state index is 0.0850. The molecule has 0 saturated carbocycles. The number of benzene rings is 2. The normalized spacial score (nSPS) is 12.2. The van der Waals surface area contributed by atoms with Crippen LogP contribution in [0.4, 0.5) is 0 Å². The molecule has 0 aliphatic heterocycles. The van der Waals surface area contributed by atoms with Crippen LogP contribution in [0, 0.1) is 0 Å². The zero-order valence-corrected chi connectivity index (χ0v) is 11.3. The number of para-hydroxylation sites is 1. The molecule has 0 saturated heterocycles. The number of hydrogen-bond acceptors (Lipinski definition) is 2. The molecule has 0 unspecified atom stereocenters. The Labute approximate surface area is 117 Å². The lowest BCUT2D eigenvalue weighted by molar-refractivity contribution is 1.22. The van der Waals surface area contributed by atoms with Crippen LogP contribution >= 0.6 is 11.3 Å². The highest BCUT2D eigenvalue weighted by molar-refractivity contribution is 7.17. The van der Waals surface area contributed by atoms with Crippen molar-refractivity contribution in [2.24, 2.45) is 0 Å². The molecule has 0 amide bonds. The molecule has 0 radical (unpaired) electrons. The zero-order chi connectivity index (χ0) is 13.3. The zero-order valence-electron chi connectivity index (χ0n) is 10.5. The van der Waals surface area contributed by atoms with E-state index in [-0.39, 0.29) is 5.56 Å². The number of aromatic nitrogens is 1. The van der Waals surface area contributed by atoms with Crippen molar-refractivity contribution in [2.45, 2.75) is 0 Å². The second-order valence-electron chi connectivity index (χ2n) is 5.03. The van der Waals surface area contributed by atoms with Crippen LogP contribution in [0.5, 0.6) is 0 Å². The molecule has 5 rings (SSSR count). The van der Waals surface area contributed by atoms with Gasteiger partial charge in [-0.3, -0.25) is 9.20 Å². The van der Waals surface area contributed by atoms with Gasteiger partial charge in [0.1, 0.15) is 4.83 Å². The maximum atomic E-state index is 12.8. The summed E-state index contributed by atoms with van der Waals surface area (Å²) in [6.45, 7) is 0. The molecule has 3 heteroatoms. The lowest BCUT2D eigenvalue weighted by atomic mass is 10.0. The first-order valence-corrected chi connectivity index (χ1v) is 7.39. The number of thiophene rings is 1. The van der Waals surface area contributed by atoms with E-state index in [4.69, 9.17) is 0 Å². The summed E-state index contributed by atoms with van der Waals surface area (Å²) in [6.07, 6.45) is 0. The molecule has 0 aliphatic rings. The van der Waals surface area contributed by atoms with Gasteiger partial charge in [-0.25, -0.2) is 0 Å². The molecule has 94 valence electrons. The number of hydrogen-bond donors (Lipinski definition) is 0. The molecule has 0 aliphatic carbocycles. The van der Waals surface area contributed by atoms with Gasteiger partial charge in [-0.15, -0.1) is 11.3 Å². The van der Waals surface area contributed by atoms with Crippen LogP contribution in [0.3, 0.4) is 0 Å². The molecule has 0 bridgehead atoms. The van der Waals surface area contributed by atoms with Crippen LogP contribution in [0.2, 0.25) is 0 Å². The fourth-order valence-electron chi connectivity index (χ4n) is 3.22. The van der Waals surface area contributed by atoms with Crippen molar-refractivity contribution in [3.63, 3.8) is 0 Å². The summed E-state index contributed by atoms with van der Waals surface area (Å²) in [5.41, 5.74) is 1.14. The standard InChI is InChI=1S/C17H9NOS/c19-16-13-5-2-1-4-10(13)11-6-3-7-12-14-8-9-20-17(14)18(16)15(11)12/h1-9H. The second-order valence-corrected chi connectivity index (χ2v) is 5.92. The maximum Gasteiger partial charge on any atom is 0.264 e. The number of fused-ring (bicyclic) bond motifs is 5. The molecule has 3 heterocycles. The third-order valence-electron chi connectivity index (χ3n) is 4.05. The van der Waals surface area contributed by atoms with Gasteiger partial charge < -0.3 is 0 Å². The molecule has 0 fully saturated rings. The van der Waals surface area contributed by atoms with E-state index in [0.29, 0.717) is 0 Å². The summed E-state index contributed by atoms with van der Waals surface area (Å²) in [6, 6.07) is 16.3. The van der Waals surface area contributed by atoms with Crippen LogP contribution < -0.4 is 5.56 Å². The van der Waals surface area contributed by atoms with E-state index in [1.807, 2.05) is 34.0 Å². The van der Waals surface area contributed by atoms with E-state index in [9.17, 15) is 4.79 Å². The van der Waals surface area contributed by atoms with Gasteiger partial charge in [-0.2, -0.15) is 0 Å². The molecule has 0 atom stereocenters.